The number of rotatable bonds is 4. The maximum Gasteiger partial charge on any atom is 0.291 e. The van der Waals surface area contributed by atoms with Crippen LogP contribution in [0.4, 0.5) is 0 Å². The summed E-state index contributed by atoms with van der Waals surface area (Å²) in [5.74, 6) is 1.51. The highest BCUT2D eigenvalue weighted by atomic mass is 16.2. The van der Waals surface area contributed by atoms with Gasteiger partial charge in [-0.3, -0.25) is 9.89 Å². The van der Waals surface area contributed by atoms with Crippen LogP contribution in [0.5, 0.6) is 0 Å². The van der Waals surface area contributed by atoms with Crippen LogP contribution in [0.3, 0.4) is 0 Å². The van der Waals surface area contributed by atoms with E-state index in [1.54, 1.807) is 0 Å². The second-order valence-electron chi connectivity index (χ2n) is 5.63. The van der Waals surface area contributed by atoms with Gasteiger partial charge in [-0.05, 0) is 45.6 Å². The Morgan fingerprint density at radius 3 is 2.47 bits per heavy atom. The maximum absolute atomic E-state index is 12.0. The van der Waals surface area contributed by atoms with Gasteiger partial charge in [0.1, 0.15) is 5.82 Å². The van der Waals surface area contributed by atoms with Crippen molar-refractivity contribution in [2.45, 2.75) is 56.5 Å². The van der Waals surface area contributed by atoms with E-state index < -0.39 is 0 Å². The van der Waals surface area contributed by atoms with Gasteiger partial charge < -0.3 is 10.6 Å². The molecule has 1 aromatic rings. The summed E-state index contributed by atoms with van der Waals surface area (Å²) >= 11 is 0. The van der Waals surface area contributed by atoms with Gasteiger partial charge in [-0.15, -0.1) is 5.10 Å². The van der Waals surface area contributed by atoms with Crippen molar-refractivity contribution in [2.75, 3.05) is 7.05 Å². The SMILES string of the molecule is CNC1CCC(NC(=O)c2n[nH]c(C3CC3)n2)CC1. The van der Waals surface area contributed by atoms with Gasteiger partial charge in [-0.2, -0.15) is 0 Å². The molecular weight excluding hydrogens is 242 g/mol. The lowest BCUT2D eigenvalue weighted by molar-refractivity contribution is 0.0914. The highest BCUT2D eigenvalue weighted by Crippen LogP contribution is 2.37. The number of hydrogen-bond donors (Lipinski definition) is 3. The van der Waals surface area contributed by atoms with Gasteiger partial charge >= 0.3 is 0 Å². The number of nitrogens with zero attached hydrogens (tertiary/aromatic N) is 2. The molecule has 3 rings (SSSR count). The first-order chi connectivity index (χ1) is 9.26. The Morgan fingerprint density at radius 2 is 1.84 bits per heavy atom. The third-order valence-corrected chi connectivity index (χ3v) is 4.14. The van der Waals surface area contributed by atoms with Gasteiger partial charge in [0.25, 0.3) is 5.91 Å². The molecular formula is C13H21N5O. The summed E-state index contributed by atoms with van der Waals surface area (Å²) < 4.78 is 0. The first-order valence-corrected chi connectivity index (χ1v) is 7.16. The number of nitrogens with one attached hydrogen (secondary N) is 3. The molecule has 0 saturated heterocycles. The minimum absolute atomic E-state index is 0.143. The van der Waals surface area contributed by atoms with Crippen molar-refractivity contribution < 1.29 is 4.79 Å². The fraction of sp³-hybridized carbons (Fsp3) is 0.769. The molecule has 1 heterocycles. The van der Waals surface area contributed by atoms with Crippen LogP contribution < -0.4 is 10.6 Å². The molecule has 0 aromatic carbocycles. The zero-order chi connectivity index (χ0) is 13.2. The molecule has 0 aliphatic heterocycles. The Hall–Kier alpha value is -1.43. The topological polar surface area (TPSA) is 82.7 Å². The smallest absolute Gasteiger partial charge is 0.291 e. The molecule has 2 aliphatic carbocycles. The molecule has 6 nitrogen and oxygen atoms in total. The number of aromatic nitrogens is 3. The average molecular weight is 263 g/mol. The molecule has 1 amide bonds. The van der Waals surface area contributed by atoms with Gasteiger partial charge in [0.05, 0.1) is 0 Å². The first-order valence-electron chi connectivity index (χ1n) is 7.16. The van der Waals surface area contributed by atoms with Gasteiger partial charge in [-0.25, -0.2) is 4.98 Å². The van der Waals surface area contributed by atoms with Crippen LogP contribution >= 0.6 is 0 Å². The van der Waals surface area contributed by atoms with Crippen LogP contribution in [-0.4, -0.2) is 40.2 Å². The van der Waals surface area contributed by atoms with Crippen LogP contribution in [0.25, 0.3) is 0 Å². The predicted octanol–water partition coefficient (Wildman–Crippen LogP) is 0.942. The van der Waals surface area contributed by atoms with E-state index in [-0.39, 0.29) is 17.8 Å². The van der Waals surface area contributed by atoms with Crippen molar-refractivity contribution in [1.29, 1.82) is 0 Å². The van der Waals surface area contributed by atoms with Crippen LogP contribution in [0.1, 0.15) is 60.9 Å². The molecule has 104 valence electrons. The van der Waals surface area contributed by atoms with Crippen LogP contribution in [0, 0.1) is 0 Å². The standard InChI is InChI=1S/C13H21N5O/c1-14-9-4-6-10(7-5-9)15-13(19)12-16-11(17-18-12)8-2-3-8/h8-10,14H,2-7H2,1H3,(H,15,19)(H,16,17,18). The normalized spacial score (nSPS) is 27.2. The molecule has 19 heavy (non-hydrogen) atoms. The summed E-state index contributed by atoms with van der Waals surface area (Å²) in [5.41, 5.74) is 0. The molecule has 2 aliphatic rings. The van der Waals surface area contributed by atoms with Gasteiger partial charge in [0, 0.05) is 18.0 Å². The van der Waals surface area contributed by atoms with Crippen LogP contribution in [-0.2, 0) is 0 Å². The molecule has 0 bridgehead atoms. The first kappa shape index (κ1) is 12.6. The fourth-order valence-electron chi connectivity index (χ4n) is 2.69. The average Bonchev–Trinajstić information content (AvgIpc) is 3.17. The molecule has 6 heteroatoms. The summed E-state index contributed by atoms with van der Waals surface area (Å²) in [6.45, 7) is 0. The zero-order valence-corrected chi connectivity index (χ0v) is 11.3. The van der Waals surface area contributed by atoms with Gasteiger partial charge in [0.15, 0.2) is 0 Å². The fourth-order valence-corrected chi connectivity index (χ4v) is 2.69. The Balaban J connectivity index is 1.52. The Kier molecular flexibility index (Phi) is 3.50. The van der Waals surface area contributed by atoms with E-state index in [0.717, 1.165) is 44.3 Å². The molecule has 3 N–H and O–H groups in total. The summed E-state index contributed by atoms with van der Waals surface area (Å²) in [7, 11) is 2.00. The maximum atomic E-state index is 12.0. The van der Waals surface area contributed by atoms with Crippen LogP contribution in [0.2, 0.25) is 0 Å². The zero-order valence-electron chi connectivity index (χ0n) is 11.3. The van der Waals surface area contributed by atoms with E-state index in [2.05, 4.69) is 25.8 Å². The molecule has 0 radical (unpaired) electrons. The van der Waals surface area contributed by atoms with Crippen molar-refractivity contribution in [3.05, 3.63) is 11.6 Å². The highest BCUT2D eigenvalue weighted by molar-refractivity contribution is 5.90. The summed E-state index contributed by atoms with van der Waals surface area (Å²) in [6, 6.07) is 0.859. The predicted molar refractivity (Wildman–Crippen MR) is 70.9 cm³/mol. The lowest BCUT2D eigenvalue weighted by Crippen LogP contribution is -2.41. The number of amides is 1. The van der Waals surface area contributed by atoms with E-state index in [0.29, 0.717) is 12.0 Å². The lowest BCUT2D eigenvalue weighted by Gasteiger charge is -2.28. The minimum atomic E-state index is -0.143. The summed E-state index contributed by atoms with van der Waals surface area (Å²) in [5, 5.41) is 13.2. The van der Waals surface area contributed by atoms with Crippen molar-refractivity contribution in [3.63, 3.8) is 0 Å². The van der Waals surface area contributed by atoms with E-state index in [1.165, 1.54) is 0 Å². The quantitative estimate of drug-likeness (QED) is 0.755. The van der Waals surface area contributed by atoms with Crippen LogP contribution in [0.15, 0.2) is 0 Å². The molecule has 2 saturated carbocycles. The Morgan fingerprint density at radius 1 is 1.16 bits per heavy atom. The van der Waals surface area contributed by atoms with Gasteiger partial charge in [-0.1, -0.05) is 0 Å². The van der Waals surface area contributed by atoms with Crippen molar-refractivity contribution >= 4 is 5.91 Å². The third-order valence-electron chi connectivity index (χ3n) is 4.14. The van der Waals surface area contributed by atoms with E-state index in [4.69, 9.17) is 0 Å². The Bertz CT molecular complexity index is 446. The lowest BCUT2D eigenvalue weighted by atomic mass is 9.91. The number of H-pyrrole nitrogens is 1. The van der Waals surface area contributed by atoms with E-state index in [1.807, 2.05) is 7.05 Å². The van der Waals surface area contributed by atoms with E-state index >= 15 is 0 Å². The highest BCUT2D eigenvalue weighted by Gasteiger charge is 2.29. The number of aromatic amines is 1. The Labute approximate surface area is 112 Å². The number of carbonyl (C=O) groups excluding carboxylic acids is 1. The molecule has 0 unspecified atom stereocenters. The number of carbonyl (C=O) groups is 1. The van der Waals surface area contributed by atoms with Gasteiger partial charge in [0.2, 0.25) is 5.82 Å². The molecule has 1 aromatic heterocycles. The summed E-state index contributed by atoms with van der Waals surface area (Å²) in [6.07, 6.45) is 6.59. The second kappa shape index (κ2) is 5.28. The van der Waals surface area contributed by atoms with Crippen molar-refractivity contribution in [2.24, 2.45) is 0 Å². The number of hydrogen-bond acceptors (Lipinski definition) is 4. The summed E-state index contributed by atoms with van der Waals surface area (Å²) in [4.78, 5) is 16.3. The third kappa shape index (κ3) is 2.94. The van der Waals surface area contributed by atoms with E-state index in [9.17, 15) is 4.79 Å². The largest absolute Gasteiger partial charge is 0.347 e. The van der Waals surface area contributed by atoms with Crippen molar-refractivity contribution in [3.8, 4) is 0 Å². The molecule has 0 spiro atoms. The van der Waals surface area contributed by atoms with Crippen molar-refractivity contribution in [1.82, 2.24) is 25.8 Å². The second-order valence-corrected chi connectivity index (χ2v) is 5.63. The molecule has 0 atom stereocenters. The molecule has 2 fully saturated rings. The minimum Gasteiger partial charge on any atom is -0.347 e. The monoisotopic (exact) mass is 263 g/mol.